The molecule has 0 aliphatic carbocycles. The number of nitrogens with one attached hydrogen (secondary N) is 1. The first-order chi connectivity index (χ1) is 9.07. The maximum atomic E-state index is 13.4. The molecule has 0 spiro atoms. The molecule has 2 rings (SSSR count). The summed E-state index contributed by atoms with van der Waals surface area (Å²) in [5.74, 6) is -0.226. The van der Waals surface area contributed by atoms with Gasteiger partial charge in [0.25, 0.3) is 0 Å². The third kappa shape index (κ3) is 3.36. The lowest BCUT2D eigenvalue weighted by atomic mass is 9.87. The quantitative estimate of drug-likeness (QED) is 0.874. The summed E-state index contributed by atoms with van der Waals surface area (Å²) in [6, 6.07) is 5.32. The summed E-state index contributed by atoms with van der Waals surface area (Å²) in [5, 5.41) is 3.55. The Balaban J connectivity index is 2.28. The Bertz CT molecular complexity index is 432. The van der Waals surface area contributed by atoms with Gasteiger partial charge in [0.1, 0.15) is 5.82 Å². The average Bonchev–Trinajstić information content (AvgIpc) is 2.82. The number of ether oxygens (including phenoxy) is 1. The van der Waals surface area contributed by atoms with Crippen molar-refractivity contribution in [2.24, 2.45) is 0 Å². The van der Waals surface area contributed by atoms with E-state index in [1.807, 2.05) is 12.1 Å². The molecule has 0 radical (unpaired) electrons. The first-order valence-corrected chi connectivity index (χ1v) is 7.68. The maximum Gasteiger partial charge on any atom is 0.137 e. The lowest BCUT2D eigenvalue weighted by Crippen LogP contribution is -2.41. The van der Waals surface area contributed by atoms with E-state index in [0.29, 0.717) is 4.47 Å². The average molecular weight is 330 g/mol. The first kappa shape index (κ1) is 14.9. The van der Waals surface area contributed by atoms with Crippen LogP contribution in [-0.4, -0.2) is 18.8 Å². The fraction of sp³-hybridized carbons (Fsp3) is 0.600. The van der Waals surface area contributed by atoms with Gasteiger partial charge in [-0.3, -0.25) is 0 Å². The third-order valence-corrected chi connectivity index (χ3v) is 4.34. The van der Waals surface area contributed by atoms with E-state index < -0.39 is 0 Å². The van der Waals surface area contributed by atoms with E-state index in [-0.39, 0.29) is 17.5 Å². The smallest absolute Gasteiger partial charge is 0.137 e. The Hall–Kier alpha value is -0.450. The highest BCUT2D eigenvalue weighted by molar-refractivity contribution is 9.10. The number of hydrogen-bond acceptors (Lipinski definition) is 2. The molecule has 0 amide bonds. The van der Waals surface area contributed by atoms with Crippen LogP contribution in [0.2, 0.25) is 0 Å². The molecule has 0 bridgehead atoms. The Morgan fingerprint density at radius 1 is 1.53 bits per heavy atom. The zero-order valence-corrected chi connectivity index (χ0v) is 13.1. The Morgan fingerprint density at radius 2 is 2.32 bits per heavy atom. The van der Waals surface area contributed by atoms with Crippen molar-refractivity contribution in [1.29, 1.82) is 0 Å². The van der Waals surface area contributed by atoms with Crippen molar-refractivity contribution in [3.63, 3.8) is 0 Å². The van der Waals surface area contributed by atoms with Crippen LogP contribution < -0.4 is 5.32 Å². The lowest BCUT2D eigenvalue weighted by molar-refractivity contribution is -0.0125. The van der Waals surface area contributed by atoms with E-state index in [2.05, 4.69) is 35.1 Å². The summed E-state index contributed by atoms with van der Waals surface area (Å²) >= 11 is 3.27. The van der Waals surface area contributed by atoms with E-state index >= 15 is 0 Å². The van der Waals surface area contributed by atoms with Gasteiger partial charge in [0.05, 0.1) is 16.1 Å². The summed E-state index contributed by atoms with van der Waals surface area (Å²) < 4.78 is 19.9. The second kappa shape index (κ2) is 6.33. The van der Waals surface area contributed by atoms with Gasteiger partial charge in [-0.05, 0) is 66.4 Å². The Labute approximate surface area is 122 Å². The van der Waals surface area contributed by atoms with Crippen LogP contribution in [0.15, 0.2) is 22.7 Å². The topological polar surface area (TPSA) is 21.3 Å². The highest BCUT2D eigenvalue weighted by Crippen LogP contribution is 2.38. The number of hydrogen-bond donors (Lipinski definition) is 1. The highest BCUT2D eigenvalue weighted by atomic mass is 79.9. The van der Waals surface area contributed by atoms with Crippen LogP contribution in [0, 0.1) is 5.82 Å². The molecule has 1 heterocycles. The molecule has 1 aromatic rings. The molecule has 106 valence electrons. The van der Waals surface area contributed by atoms with Gasteiger partial charge >= 0.3 is 0 Å². The minimum absolute atomic E-state index is 0.104. The monoisotopic (exact) mass is 329 g/mol. The molecule has 2 unspecified atom stereocenters. The predicted octanol–water partition coefficient (Wildman–Crippen LogP) is 4.20. The molecule has 2 nitrogen and oxygen atoms in total. The summed E-state index contributed by atoms with van der Waals surface area (Å²) in [6.45, 7) is 6.02. The zero-order valence-electron chi connectivity index (χ0n) is 11.5. The molecule has 0 aromatic heterocycles. The molecule has 1 fully saturated rings. The van der Waals surface area contributed by atoms with Crippen LogP contribution >= 0.6 is 15.9 Å². The van der Waals surface area contributed by atoms with Crippen LogP contribution in [0.5, 0.6) is 0 Å². The van der Waals surface area contributed by atoms with Gasteiger partial charge in [-0.2, -0.15) is 0 Å². The van der Waals surface area contributed by atoms with Gasteiger partial charge in [0.15, 0.2) is 0 Å². The van der Waals surface area contributed by atoms with Crippen molar-refractivity contribution >= 4 is 15.9 Å². The molecule has 19 heavy (non-hydrogen) atoms. The van der Waals surface area contributed by atoms with Gasteiger partial charge in [-0.15, -0.1) is 0 Å². The van der Waals surface area contributed by atoms with Crippen LogP contribution in [-0.2, 0) is 4.74 Å². The molecule has 1 aliphatic heterocycles. The van der Waals surface area contributed by atoms with Crippen molar-refractivity contribution in [1.82, 2.24) is 5.32 Å². The summed E-state index contributed by atoms with van der Waals surface area (Å²) in [5.41, 5.74) is 0.873. The van der Waals surface area contributed by atoms with Crippen molar-refractivity contribution < 1.29 is 9.13 Å². The molecule has 1 aliphatic rings. The second-order valence-corrected chi connectivity index (χ2v) is 6.18. The Kier molecular flexibility index (Phi) is 4.98. The molecule has 1 saturated heterocycles. The highest BCUT2D eigenvalue weighted by Gasteiger charge is 2.39. The molecular weight excluding hydrogens is 309 g/mol. The van der Waals surface area contributed by atoms with Crippen LogP contribution in [0.3, 0.4) is 0 Å². The number of rotatable bonds is 5. The standard InChI is InChI=1S/C15H21BrFNO/c1-3-8-18-14(15(2)7-4-9-19-15)11-5-6-13(17)12(16)10-11/h5-6,10,14,18H,3-4,7-9H2,1-2H3. The van der Waals surface area contributed by atoms with Gasteiger partial charge in [-0.1, -0.05) is 13.0 Å². The van der Waals surface area contributed by atoms with E-state index in [1.54, 1.807) is 0 Å². The largest absolute Gasteiger partial charge is 0.373 e. The van der Waals surface area contributed by atoms with E-state index in [4.69, 9.17) is 4.74 Å². The van der Waals surface area contributed by atoms with E-state index in [9.17, 15) is 4.39 Å². The second-order valence-electron chi connectivity index (χ2n) is 5.33. The van der Waals surface area contributed by atoms with Gasteiger partial charge in [0, 0.05) is 6.61 Å². The predicted molar refractivity (Wildman–Crippen MR) is 78.7 cm³/mol. The van der Waals surface area contributed by atoms with Crippen LogP contribution in [0.4, 0.5) is 4.39 Å². The van der Waals surface area contributed by atoms with Crippen molar-refractivity contribution in [2.45, 2.75) is 44.8 Å². The zero-order chi connectivity index (χ0) is 13.9. The number of benzene rings is 1. The molecule has 1 aromatic carbocycles. The van der Waals surface area contributed by atoms with Gasteiger partial charge < -0.3 is 10.1 Å². The molecule has 2 atom stereocenters. The molecule has 4 heteroatoms. The van der Waals surface area contributed by atoms with Gasteiger partial charge in [-0.25, -0.2) is 4.39 Å². The SMILES string of the molecule is CCCNC(c1ccc(F)c(Br)c1)C1(C)CCCO1. The normalized spacial score (nSPS) is 24.6. The molecule has 0 saturated carbocycles. The maximum absolute atomic E-state index is 13.4. The van der Waals surface area contributed by atoms with Crippen molar-refractivity contribution in [2.75, 3.05) is 13.2 Å². The minimum atomic E-state index is -0.226. The van der Waals surface area contributed by atoms with Crippen LogP contribution in [0.1, 0.15) is 44.7 Å². The minimum Gasteiger partial charge on any atom is -0.373 e. The first-order valence-electron chi connectivity index (χ1n) is 6.89. The fourth-order valence-electron chi connectivity index (χ4n) is 2.70. The molecular formula is C15H21BrFNO. The van der Waals surface area contributed by atoms with Crippen molar-refractivity contribution in [3.8, 4) is 0 Å². The van der Waals surface area contributed by atoms with E-state index in [0.717, 1.165) is 38.0 Å². The third-order valence-electron chi connectivity index (χ3n) is 3.74. The summed E-state index contributed by atoms with van der Waals surface area (Å²) in [6.07, 6.45) is 3.18. The van der Waals surface area contributed by atoms with Gasteiger partial charge in [0.2, 0.25) is 0 Å². The fourth-order valence-corrected chi connectivity index (χ4v) is 3.09. The summed E-state index contributed by atoms with van der Waals surface area (Å²) in [4.78, 5) is 0. The molecule has 1 N–H and O–H groups in total. The Morgan fingerprint density at radius 3 is 2.89 bits per heavy atom. The summed E-state index contributed by atoms with van der Waals surface area (Å²) in [7, 11) is 0. The lowest BCUT2D eigenvalue weighted by Gasteiger charge is -2.34. The van der Waals surface area contributed by atoms with Crippen molar-refractivity contribution in [3.05, 3.63) is 34.1 Å². The van der Waals surface area contributed by atoms with E-state index in [1.165, 1.54) is 6.07 Å². The van der Waals surface area contributed by atoms with Crippen LogP contribution in [0.25, 0.3) is 0 Å². The number of halogens is 2.